The SMILES string of the molecule is C[C@@H](Sc1nnc(-c2ccco2)o1)C(=O)Nc1cc(Cl)cc(Cl)c1. The lowest BCUT2D eigenvalue weighted by Crippen LogP contribution is -2.22. The standard InChI is InChI=1S/C15H11Cl2N3O3S/c1-8(13(21)18-11-6-9(16)5-10(17)7-11)24-15-20-19-14(23-15)12-3-2-4-22-12/h2-8H,1H3,(H,18,21)/t8-/m1/s1. The third-order valence-corrected chi connectivity index (χ3v) is 4.29. The van der Waals surface area contributed by atoms with Gasteiger partial charge in [-0.05, 0) is 37.3 Å². The molecule has 0 aliphatic rings. The lowest BCUT2D eigenvalue weighted by molar-refractivity contribution is -0.115. The molecule has 124 valence electrons. The first-order chi connectivity index (χ1) is 11.5. The Balaban J connectivity index is 1.64. The average molecular weight is 384 g/mol. The normalized spacial score (nSPS) is 12.1. The zero-order valence-electron chi connectivity index (χ0n) is 12.3. The van der Waals surface area contributed by atoms with E-state index in [-0.39, 0.29) is 17.0 Å². The third-order valence-electron chi connectivity index (χ3n) is 2.92. The fourth-order valence-electron chi connectivity index (χ4n) is 1.83. The van der Waals surface area contributed by atoms with Crippen LogP contribution in [0.1, 0.15) is 6.92 Å². The summed E-state index contributed by atoms with van der Waals surface area (Å²) < 4.78 is 10.6. The molecule has 0 bridgehead atoms. The maximum absolute atomic E-state index is 12.2. The van der Waals surface area contributed by atoms with E-state index in [0.29, 0.717) is 21.5 Å². The molecule has 0 unspecified atom stereocenters. The topological polar surface area (TPSA) is 81.2 Å². The number of hydrogen-bond donors (Lipinski definition) is 1. The van der Waals surface area contributed by atoms with E-state index in [1.807, 2.05) is 0 Å². The minimum Gasteiger partial charge on any atom is -0.459 e. The van der Waals surface area contributed by atoms with Crippen molar-refractivity contribution in [2.24, 2.45) is 0 Å². The molecule has 9 heteroatoms. The molecule has 2 aromatic heterocycles. The highest BCUT2D eigenvalue weighted by Gasteiger charge is 2.19. The van der Waals surface area contributed by atoms with Crippen LogP contribution in [0.25, 0.3) is 11.7 Å². The number of halogens is 2. The van der Waals surface area contributed by atoms with E-state index in [0.717, 1.165) is 11.8 Å². The van der Waals surface area contributed by atoms with Gasteiger partial charge in [-0.3, -0.25) is 4.79 Å². The maximum atomic E-state index is 12.2. The van der Waals surface area contributed by atoms with E-state index in [2.05, 4.69) is 15.5 Å². The van der Waals surface area contributed by atoms with Crippen molar-refractivity contribution in [1.29, 1.82) is 0 Å². The predicted molar refractivity (Wildman–Crippen MR) is 92.4 cm³/mol. The number of carbonyl (C=O) groups is 1. The van der Waals surface area contributed by atoms with Crippen molar-refractivity contribution in [3.8, 4) is 11.7 Å². The first kappa shape index (κ1) is 16.9. The summed E-state index contributed by atoms with van der Waals surface area (Å²) in [5.74, 6) is 0.493. The first-order valence-corrected chi connectivity index (χ1v) is 8.46. The van der Waals surface area contributed by atoms with Gasteiger partial charge in [-0.2, -0.15) is 0 Å². The van der Waals surface area contributed by atoms with Gasteiger partial charge in [-0.15, -0.1) is 10.2 Å². The molecule has 0 radical (unpaired) electrons. The van der Waals surface area contributed by atoms with Crippen molar-refractivity contribution in [1.82, 2.24) is 10.2 Å². The number of nitrogens with zero attached hydrogens (tertiary/aromatic N) is 2. The summed E-state index contributed by atoms with van der Waals surface area (Å²) in [6, 6.07) is 8.25. The van der Waals surface area contributed by atoms with Gasteiger partial charge in [0.2, 0.25) is 5.91 Å². The number of nitrogens with one attached hydrogen (secondary N) is 1. The smallest absolute Gasteiger partial charge is 0.284 e. The second-order valence-corrected chi connectivity index (χ2v) is 6.92. The third kappa shape index (κ3) is 4.11. The molecule has 0 aliphatic heterocycles. The molecule has 2 heterocycles. The minimum absolute atomic E-state index is 0.240. The Kier molecular flexibility index (Phi) is 5.13. The number of thioether (sulfide) groups is 1. The van der Waals surface area contributed by atoms with Crippen LogP contribution >= 0.6 is 35.0 Å². The minimum atomic E-state index is -0.465. The molecule has 3 aromatic rings. The van der Waals surface area contributed by atoms with Crippen molar-refractivity contribution in [2.75, 3.05) is 5.32 Å². The Bertz CT molecular complexity index is 831. The van der Waals surface area contributed by atoms with Crippen molar-refractivity contribution in [2.45, 2.75) is 17.4 Å². The number of carbonyl (C=O) groups excluding carboxylic acids is 1. The van der Waals surface area contributed by atoms with Gasteiger partial charge in [0.05, 0.1) is 11.5 Å². The maximum Gasteiger partial charge on any atom is 0.284 e. The van der Waals surface area contributed by atoms with Crippen LogP contribution in [0.5, 0.6) is 0 Å². The van der Waals surface area contributed by atoms with Crippen molar-refractivity contribution in [3.05, 3.63) is 46.6 Å². The van der Waals surface area contributed by atoms with E-state index in [1.165, 1.54) is 6.26 Å². The van der Waals surface area contributed by atoms with Crippen LogP contribution in [-0.2, 0) is 4.79 Å². The van der Waals surface area contributed by atoms with Crippen molar-refractivity contribution < 1.29 is 13.6 Å². The van der Waals surface area contributed by atoms with Gasteiger partial charge in [-0.1, -0.05) is 35.0 Å². The summed E-state index contributed by atoms with van der Waals surface area (Å²) in [6.45, 7) is 1.73. The zero-order chi connectivity index (χ0) is 17.1. The van der Waals surface area contributed by atoms with Gasteiger partial charge >= 0.3 is 0 Å². The van der Waals surface area contributed by atoms with Crippen molar-refractivity contribution >= 4 is 46.6 Å². The molecule has 1 atom stereocenters. The molecule has 1 N–H and O–H groups in total. The number of rotatable bonds is 5. The number of anilines is 1. The molecular weight excluding hydrogens is 373 g/mol. The highest BCUT2D eigenvalue weighted by atomic mass is 35.5. The van der Waals surface area contributed by atoms with Crippen molar-refractivity contribution in [3.63, 3.8) is 0 Å². The number of aromatic nitrogens is 2. The van der Waals surface area contributed by atoms with E-state index in [9.17, 15) is 4.79 Å². The highest BCUT2D eigenvalue weighted by Crippen LogP contribution is 2.28. The van der Waals surface area contributed by atoms with E-state index >= 15 is 0 Å². The van der Waals surface area contributed by atoms with Gasteiger partial charge in [-0.25, -0.2) is 0 Å². The summed E-state index contributed by atoms with van der Waals surface area (Å²) in [4.78, 5) is 12.2. The number of hydrogen-bond acceptors (Lipinski definition) is 6. The zero-order valence-corrected chi connectivity index (χ0v) is 14.7. The quantitative estimate of drug-likeness (QED) is 0.639. The average Bonchev–Trinajstić information content (AvgIpc) is 3.16. The van der Waals surface area contributed by atoms with Gasteiger partial charge in [0, 0.05) is 15.7 Å². The van der Waals surface area contributed by atoms with Gasteiger partial charge in [0.1, 0.15) is 0 Å². The molecule has 0 aliphatic carbocycles. The summed E-state index contributed by atoms with van der Waals surface area (Å²) in [6.07, 6.45) is 1.51. The summed E-state index contributed by atoms with van der Waals surface area (Å²) in [7, 11) is 0. The van der Waals surface area contributed by atoms with Gasteiger partial charge < -0.3 is 14.2 Å². The van der Waals surface area contributed by atoms with E-state index in [4.69, 9.17) is 32.0 Å². The molecular formula is C15H11Cl2N3O3S. The molecule has 0 saturated heterocycles. The molecule has 1 amide bonds. The molecule has 1 aromatic carbocycles. The fraction of sp³-hybridized carbons (Fsp3) is 0.133. The summed E-state index contributed by atoms with van der Waals surface area (Å²) in [5.41, 5.74) is 0.520. The Labute approximate surface area is 151 Å². The summed E-state index contributed by atoms with van der Waals surface area (Å²) in [5, 5.41) is 11.2. The van der Waals surface area contributed by atoms with Crippen LogP contribution in [0.2, 0.25) is 10.0 Å². The van der Waals surface area contributed by atoms with Crippen LogP contribution in [0, 0.1) is 0 Å². The van der Waals surface area contributed by atoms with Crippen LogP contribution in [0.4, 0.5) is 5.69 Å². The Morgan fingerprint density at radius 1 is 1.25 bits per heavy atom. The Hall–Kier alpha value is -1.96. The number of amides is 1. The second-order valence-electron chi connectivity index (χ2n) is 4.76. The van der Waals surface area contributed by atoms with E-state index in [1.54, 1.807) is 37.3 Å². The largest absolute Gasteiger partial charge is 0.459 e. The van der Waals surface area contributed by atoms with Gasteiger partial charge in [0.15, 0.2) is 5.76 Å². The predicted octanol–water partition coefficient (Wildman–Crippen LogP) is 4.76. The number of benzene rings is 1. The van der Waals surface area contributed by atoms with Crippen LogP contribution < -0.4 is 5.32 Å². The number of furan rings is 1. The lowest BCUT2D eigenvalue weighted by atomic mass is 10.3. The fourth-order valence-corrected chi connectivity index (χ4v) is 3.04. The van der Waals surface area contributed by atoms with Crippen LogP contribution in [0.3, 0.4) is 0 Å². The molecule has 0 fully saturated rings. The lowest BCUT2D eigenvalue weighted by Gasteiger charge is -2.10. The molecule has 0 saturated carbocycles. The Morgan fingerprint density at radius 3 is 2.67 bits per heavy atom. The van der Waals surface area contributed by atoms with Crippen LogP contribution in [-0.4, -0.2) is 21.4 Å². The monoisotopic (exact) mass is 383 g/mol. The summed E-state index contributed by atoms with van der Waals surface area (Å²) >= 11 is 13.0. The second kappa shape index (κ2) is 7.29. The van der Waals surface area contributed by atoms with E-state index < -0.39 is 5.25 Å². The van der Waals surface area contributed by atoms with Gasteiger partial charge in [0.25, 0.3) is 11.1 Å². The first-order valence-electron chi connectivity index (χ1n) is 6.82. The molecule has 24 heavy (non-hydrogen) atoms. The molecule has 6 nitrogen and oxygen atoms in total. The Morgan fingerprint density at radius 2 is 2.00 bits per heavy atom. The molecule has 0 spiro atoms. The van der Waals surface area contributed by atoms with Crippen LogP contribution in [0.15, 0.2) is 50.7 Å². The highest BCUT2D eigenvalue weighted by molar-refractivity contribution is 8.00. The molecule has 3 rings (SSSR count).